The molecule has 0 bridgehead atoms. The Kier molecular flexibility index (Phi) is 4.54. The lowest BCUT2D eigenvalue weighted by Crippen LogP contribution is -2.22. The highest BCUT2D eigenvalue weighted by Gasteiger charge is 2.26. The van der Waals surface area contributed by atoms with Gasteiger partial charge in [-0.1, -0.05) is 24.0 Å². The van der Waals surface area contributed by atoms with E-state index >= 15 is 0 Å². The molecule has 2 N–H and O–H groups in total. The number of furan rings is 1. The smallest absolute Gasteiger partial charge is 0.259 e. The van der Waals surface area contributed by atoms with Crippen LogP contribution in [0.15, 0.2) is 50.8 Å². The van der Waals surface area contributed by atoms with Crippen LogP contribution < -0.4 is 5.14 Å². The van der Waals surface area contributed by atoms with Gasteiger partial charge in [0.1, 0.15) is 11.5 Å². The van der Waals surface area contributed by atoms with Gasteiger partial charge in [-0.2, -0.15) is 10.1 Å². The van der Waals surface area contributed by atoms with E-state index in [-0.39, 0.29) is 16.6 Å². The zero-order valence-corrected chi connectivity index (χ0v) is 14.5. The summed E-state index contributed by atoms with van der Waals surface area (Å²) in [5, 5.41) is 10.2. The number of thiocarbonyl (C=S) groups is 1. The van der Waals surface area contributed by atoms with Crippen molar-refractivity contribution >= 4 is 50.4 Å². The number of carbonyl (C=O) groups is 1. The molecule has 0 aliphatic carbocycles. The minimum Gasteiger partial charge on any atom is -0.455 e. The van der Waals surface area contributed by atoms with Gasteiger partial charge in [0.15, 0.2) is 4.32 Å². The predicted molar refractivity (Wildman–Crippen MR) is 95.0 cm³/mol. The van der Waals surface area contributed by atoms with Crippen molar-refractivity contribution in [1.29, 1.82) is 0 Å². The molecule has 1 amide bonds. The molecule has 1 aromatic carbocycles. The molecule has 2 aromatic rings. The lowest BCUT2D eigenvalue weighted by Gasteiger charge is -2.05. The van der Waals surface area contributed by atoms with Crippen LogP contribution in [-0.2, 0) is 14.8 Å². The van der Waals surface area contributed by atoms with Gasteiger partial charge in [-0.25, -0.2) is 13.6 Å². The van der Waals surface area contributed by atoms with E-state index in [9.17, 15) is 13.2 Å². The molecule has 2 heterocycles. The second-order valence-electron chi connectivity index (χ2n) is 4.78. The number of primary sulfonamides is 1. The van der Waals surface area contributed by atoms with E-state index in [0.29, 0.717) is 21.4 Å². The van der Waals surface area contributed by atoms with Crippen molar-refractivity contribution in [1.82, 2.24) is 5.01 Å². The van der Waals surface area contributed by atoms with E-state index in [1.54, 1.807) is 24.3 Å². The second-order valence-corrected chi connectivity index (χ2v) is 7.95. The van der Waals surface area contributed by atoms with Crippen LogP contribution in [0.4, 0.5) is 0 Å². The Labute approximate surface area is 147 Å². The average molecular weight is 381 g/mol. The molecule has 1 aromatic heterocycles. The molecular weight excluding hydrogens is 370 g/mol. The normalized spacial score (nSPS) is 15.6. The summed E-state index contributed by atoms with van der Waals surface area (Å²) in [6.07, 6.45) is 1.40. The standard InChI is InChI=1S/C14H11N3O4S3/c15-24(19,20)11-4-1-9(2-5-11)12-6-3-10(21-12)7-16-17-13(18)8-23-14(17)22/h1-7H,8H2,(H2,15,19,20)/b16-7+. The van der Waals surface area contributed by atoms with Gasteiger partial charge >= 0.3 is 0 Å². The molecule has 7 nitrogen and oxygen atoms in total. The number of sulfonamides is 1. The first-order valence-corrected chi connectivity index (χ1v) is 9.55. The lowest BCUT2D eigenvalue weighted by molar-refractivity contribution is -0.123. The molecule has 0 atom stereocenters. The first kappa shape index (κ1) is 16.8. The Morgan fingerprint density at radius 3 is 2.54 bits per heavy atom. The second kappa shape index (κ2) is 6.48. The number of hydrogen-bond acceptors (Lipinski definition) is 7. The van der Waals surface area contributed by atoms with Gasteiger partial charge in [0, 0.05) is 5.56 Å². The van der Waals surface area contributed by atoms with E-state index in [2.05, 4.69) is 5.10 Å². The van der Waals surface area contributed by atoms with E-state index in [0.717, 1.165) is 5.01 Å². The van der Waals surface area contributed by atoms with Crippen molar-refractivity contribution in [3.63, 3.8) is 0 Å². The number of hydrazone groups is 1. The van der Waals surface area contributed by atoms with Gasteiger partial charge in [0.2, 0.25) is 10.0 Å². The van der Waals surface area contributed by atoms with Gasteiger partial charge in [0.05, 0.1) is 16.9 Å². The predicted octanol–water partition coefficient (Wildman–Crippen LogP) is 1.79. The Morgan fingerprint density at radius 1 is 1.25 bits per heavy atom. The highest BCUT2D eigenvalue weighted by molar-refractivity contribution is 8.23. The van der Waals surface area contributed by atoms with Crippen LogP contribution in [-0.4, -0.2) is 35.6 Å². The molecule has 0 radical (unpaired) electrons. The summed E-state index contributed by atoms with van der Waals surface area (Å²) in [6.45, 7) is 0. The molecule has 1 aliphatic heterocycles. The van der Waals surface area contributed by atoms with Crippen LogP contribution >= 0.6 is 24.0 Å². The Balaban J connectivity index is 1.78. The number of nitrogens with zero attached hydrogens (tertiary/aromatic N) is 2. The van der Waals surface area contributed by atoms with E-state index < -0.39 is 10.0 Å². The van der Waals surface area contributed by atoms with Crippen LogP contribution in [0.3, 0.4) is 0 Å². The number of amides is 1. The zero-order valence-electron chi connectivity index (χ0n) is 12.1. The highest BCUT2D eigenvalue weighted by atomic mass is 32.2. The minimum absolute atomic E-state index is 0.0261. The van der Waals surface area contributed by atoms with Crippen molar-refractivity contribution in [2.75, 3.05) is 5.75 Å². The lowest BCUT2D eigenvalue weighted by atomic mass is 10.2. The minimum atomic E-state index is -3.73. The maximum Gasteiger partial charge on any atom is 0.259 e. The fraction of sp³-hybridized carbons (Fsp3) is 0.0714. The van der Waals surface area contributed by atoms with Crippen LogP contribution in [0.1, 0.15) is 5.76 Å². The molecular formula is C14H11N3O4S3. The number of carbonyl (C=O) groups excluding carboxylic acids is 1. The van der Waals surface area contributed by atoms with Gasteiger partial charge in [0.25, 0.3) is 5.91 Å². The summed E-state index contributed by atoms with van der Waals surface area (Å²) in [4.78, 5) is 11.6. The summed E-state index contributed by atoms with van der Waals surface area (Å²) in [7, 11) is -3.73. The highest BCUT2D eigenvalue weighted by Crippen LogP contribution is 2.23. The molecule has 0 spiro atoms. The first-order chi connectivity index (χ1) is 11.3. The molecule has 1 fully saturated rings. The summed E-state index contributed by atoms with van der Waals surface area (Å²) in [5.41, 5.74) is 0.686. The number of nitrogens with two attached hydrogens (primary N) is 1. The quantitative estimate of drug-likeness (QED) is 0.639. The fourth-order valence-corrected chi connectivity index (χ4v) is 3.44. The van der Waals surface area contributed by atoms with Gasteiger partial charge in [-0.05, 0) is 36.4 Å². The van der Waals surface area contributed by atoms with Crippen molar-refractivity contribution in [2.45, 2.75) is 4.90 Å². The van der Waals surface area contributed by atoms with Gasteiger partial charge in [-0.3, -0.25) is 4.79 Å². The van der Waals surface area contributed by atoms with E-state index in [1.807, 2.05) is 0 Å². The summed E-state index contributed by atoms with van der Waals surface area (Å²) in [5.74, 6) is 1.08. The fourth-order valence-electron chi connectivity index (χ4n) is 1.96. The largest absolute Gasteiger partial charge is 0.455 e. The molecule has 124 valence electrons. The molecule has 0 unspecified atom stereocenters. The van der Waals surface area contributed by atoms with Gasteiger partial charge in [-0.15, -0.1) is 0 Å². The summed E-state index contributed by atoms with van der Waals surface area (Å²) >= 11 is 6.28. The number of hydrogen-bond donors (Lipinski definition) is 1. The van der Waals surface area contributed by atoms with Crippen LogP contribution in [0.25, 0.3) is 11.3 Å². The maximum absolute atomic E-state index is 11.6. The Hall–Kier alpha value is -2.01. The molecule has 10 heteroatoms. The van der Waals surface area contributed by atoms with Crippen LogP contribution in [0.5, 0.6) is 0 Å². The SMILES string of the molecule is NS(=O)(=O)c1ccc(-c2ccc(/C=N/N3C(=O)CSC3=S)o2)cc1. The van der Waals surface area contributed by atoms with Crippen molar-refractivity contribution < 1.29 is 17.6 Å². The molecule has 3 rings (SSSR count). The van der Waals surface area contributed by atoms with Crippen molar-refractivity contribution in [3.05, 3.63) is 42.2 Å². The molecule has 24 heavy (non-hydrogen) atoms. The van der Waals surface area contributed by atoms with Crippen LogP contribution in [0, 0.1) is 0 Å². The van der Waals surface area contributed by atoms with E-state index in [4.69, 9.17) is 21.8 Å². The molecule has 1 aliphatic rings. The average Bonchev–Trinajstić information content (AvgIpc) is 3.12. The number of benzene rings is 1. The Morgan fingerprint density at radius 2 is 1.96 bits per heavy atom. The van der Waals surface area contributed by atoms with E-state index in [1.165, 1.54) is 30.1 Å². The maximum atomic E-state index is 11.6. The third-order valence-corrected chi connectivity index (χ3v) is 5.39. The number of rotatable bonds is 4. The number of thioether (sulfide) groups is 1. The third-order valence-electron chi connectivity index (χ3n) is 3.12. The molecule has 0 saturated carbocycles. The third kappa shape index (κ3) is 3.56. The zero-order chi connectivity index (χ0) is 17.3. The van der Waals surface area contributed by atoms with Crippen molar-refractivity contribution in [2.24, 2.45) is 10.2 Å². The summed E-state index contributed by atoms with van der Waals surface area (Å²) in [6, 6.07) is 9.39. The molecule has 1 saturated heterocycles. The van der Waals surface area contributed by atoms with Crippen molar-refractivity contribution in [3.8, 4) is 11.3 Å². The van der Waals surface area contributed by atoms with Gasteiger partial charge < -0.3 is 4.42 Å². The first-order valence-electron chi connectivity index (χ1n) is 6.61. The van der Waals surface area contributed by atoms with Crippen LogP contribution in [0.2, 0.25) is 0 Å². The summed E-state index contributed by atoms with van der Waals surface area (Å²) < 4.78 is 28.5. The Bertz CT molecular complexity index is 916. The topological polar surface area (TPSA) is 106 Å². The monoisotopic (exact) mass is 381 g/mol.